The molecule has 1 fully saturated rings. The van der Waals surface area contributed by atoms with Crippen molar-refractivity contribution in [2.24, 2.45) is 0 Å². The van der Waals surface area contributed by atoms with Gasteiger partial charge in [-0.3, -0.25) is 4.79 Å². The molecule has 1 N–H and O–H groups in total. The Labute approximate surface area is 218 Å². The van der Waals surface area contributed by atoms with Gasteiger partial charge in [-0.05, 0) is 71.0 Å². The number of hydrogen-bond acceptors (Lipinski definition) is 6. The molecule has 5 rings (SSSR count). The standard InChI is InChI=1S/C28H38N8O/c1-16(2)25-26(21-13-36-28(29-15-30-36)20(6)19(21)5)31-22-9-10-23(32-27(22)25)34-11-18(4)35(12-17(34)3)24(37)14-33(7)8/h9-10,13,15-18,31H,11-12,14H2,1-8H3/t17-,18+/m1/s1. The van der Waals surface area contributed by atoms with Gasteiger partial charge in [0, 0.05) is 42.5 Å². The van der Waals surface area contributed by atoms with Crippen molar-refractivity contribution < 1.29 is 4.79 Å². The van der Waals surface area contributed by atoms with Gasteiger partial charge in [-0.15, -0.1) is 0 Å². The molecule has 5 heterocycles. The molecule has 0 saturated carbocycles. The summed E-state index contributed by atoms with van der Waals surface area (Å²) < 4.78 is 1.85. The SMILES string of the molecule is Cc1c(-c2[nH]c3ccc(N4C[C@H](C)N(C(=O)CN(C)C)C[C@H]4C)nc3c2C(C)C)cn2ncnc2c1C. The van der Waals surface area contributed by atoms with Crippen molar-refractivity contribution in [3.05, 3.63) is 41.3 Å². The van der Waals surface area contributed by atoms with E-state index in [0.29, 0.717) is 13.1 Å². The van der Waals surface area contributed by atoms with E-state index in [1.165, 1.54) is 11.1 Å². The Bertz CT molecular complexity index is 1470. The van der Waals surface area contributed by atoms with Gasteiger partial charge in [0.15, 0.2) is 5.65 Å². The Morgan fingerprint density at radius 3 is 2.59 bits per heavy atom. The molecule has 0 aromatic carbocycles. The Hall–Kier alpha value is -3.46. The number of carbonyl (C=O) groups is 1. The van der Waals surface area contributed by atoms with Crippen LogP contribution < -0.4 is 4.90 Å². The molecule has 1 amide bonds. The highest BCUT2D eigenvalue weighted by molar-refractivity contribution is 5.90. The lowest BCUT2D eigenvalue weighted by molar-refractivity contribution is -0.134. The summed E-state index contributed by atoms with van der Waals surface area (Å²) >= 11 is 0. The largest absolute Gasteiger partial charge is 0.353 e. The molecule has 4 aromatic rings. The number of H-pyrrole nitrogens is 1. The highest BCUT2D eigenvalue weighted by Gasteiger charge is 2.33. The lowest BCUT2D eigenvalue weighted by atomic mass is 9.95. The average Bonchev–Trinajstić information content (AvgIpc) is 3.46. The molecule has 9 heteroatoms. The number of pyridine rings is 2. The minimum atomic E-state index is 0.118. The molecule has 37 heavy (non-hydrogen) atoms. The van der Waals surface area contributed by atoms with E-state index in [2.05, 4.69) is 79.8 Å². The van der Waals surface area contributed by atoms with E-state index in [-0.39, 0.29) is 23.9 Å². The second kappa shape index (κ2) is 9.45. The highest BCUT2D eigenvalue weighted by Crippen LogP contribution is 2.38. The van der Waals surface area contributed by atoms with Crippen LogP contribution in [-0.2, 0) is 4.79 Å². The number of aromatic nitrogens is 5. The second-order valence-electron chi connectivity index (χ2n) is 11.1. The quantitative estimate of drug-likeness (QED) is 0.444. The fourth-order valence-corrected chi connectivity index (χ4v) is 5.62. The fourth-order valence-electron chi connectivity index (χ4n) is 5.62. The van der Waals surface area contributed by atoms with Crippen LogP contribution in [0.4, 0.5) is 5.82 Å². The van der Waals surface area contributed by atoms with Crippen LogP contribution in [0.5, 0.6) is 0 Å². The number of fused-ring (bicyclic) bond motifs is 2. The number of nitrogens with zero attached hydrogens (tertiary/aromatic N) is 7. The summed E-state index contributed by atoms with van der Waals surface area (Å²) in [6, 6.07) is 4.54. The first-order valence-corrected chi connectivity index (χ1v) is 13.1. The monoisotopic (exact) mass is 502 g/mol. The van der Waals surface area contributed by atoms with Gasteiger partial charge in [-0.1, -0.05) is 13.8 Å². The molecule has 2 atom stereocenters. The van der Waals surface area contributed by atoms with Crippen molar-refractivity contribution in [3.63, 3.8) is 0 Å². The van der Waals surface area contributed by atoms with Gasteiger partial charge in [-0.2, -0.15) is 5.10 Å². The van der Waals surface area contributed by atoms with Gasteiger partial charge >= 0.3 is 0 Å². The molecule has 0 aliphatic carbocycles. The number of hydrogen-bond donors (Lipinski definition) is 1. The molecule has 1 aliphatic heterocycles. The molecular weight excluding hydrogens is 464 g/mol. The van der Waals surface area contributed by atoms with E-state index in [0.717, 1.165) is 45.9 Å². The Balaban J connectivity index is 1.54. The third-order valence-electron chi connectivity index (χ3n) is 7.69. The number of anilines is 1. The van der Waals surface area contributed by atoms with Gasteiger partial charge in [0.25, 0.3) is 0 Å². The molecule has 1 aliphatic rings. The summed E-state index contributed by atoms with van der Waals surface area (Å²) in [4.78, 5) is 32.4. The van der Waals surface area contributed by atoms with Crippen molar-refractivity contribution >= 4 is 28.4 Å². The van der Waals surface area contributed by atoms with E-state index in [4.69, 9.17) is 4.98 Å². The minimum absolute atomic E-state index is 0.118. The third-order valence-corrected chi connectivity index (χ3v) is 7.69. The van der Waals surface area contributed by atoms with Crippen LogP contribution in [-0.4, -0.2) is 86.1 Å². The molecule has 0 spiro atoms. The lowest BCUT2D eigenvalue weighted by Crippen LogP contribution is -2.59. The molecule has 0 unspecified atom stereocenters. The van der Waals surface area contributed by atoms with Crippen molar-refractivity contribution in [1.29, 1.82) is 0 Å². The maximum Gasteiger partial charge on any atom is 0.237 e. The number of aryl methyl sites for hydroxylation is 1. The number of likely N-dealkylation sites (N-methyl/N-ethyl adjacent to an activating group) is 1. The fraction of sp³-hybridized carbons (Fsp3) is 0.500. The maximum absolute atomic E-state index is 12.8. The summed E-state index contributed by atoms with van der Waals surface area (Å²) in [6.45, 7) is 14.9. The van der Waals surface area contributed by atoms with Gasteiger partial charge in [-0.25, -0.2) is 14.5 Å². The first-order chi connectivity index (χ1) is 17.6. The molecule has 196 valence electrons. The first-order valence-electron chi connectivity index (χ1n) is 13.1. The lowest BCUT2D eigenvalue weighted by Gasteiger charge is -2.45. The van der Waals surface area contributed by atoms with Gasteiger partial charge < -0.3 is 19.7 Å². The normalized spacial score (nSPS) is 18.6. The summed E-state index contributed by atoms with van der Waals surface area (Å²) in [5.74, 6) is 1.41. The summed E-state index contributed by atoms with van der Waals surface area (Å²) in [7, 11) is 3.87. The Morgan fingerprint density at radius 2 is 1.89 bits per heavy atom. The average molecular weight is 503 g/mol. The first kappa shape index (κ1) is 25.2. The number of rotatable bonds is 5. The topological polar surface area (TPSA) is 85.7 Å². The summed E-state index contributed by atoms with van der Waals surface area (Å²) in [5, 5.41) is 4.40. The zero-order chi connectivity index (χ0) is 26.6. The van der Waals surface area contributed by atoms with Crippen LogP contribution in [0.2, 0.25) is 0 Å². The Morgan fingerprint density at radius 1 is 1.14 bits per heavy atom. The van der Waals surface area contributed by atoms with E-state index < -0.39 is 0 Å². The van der Waals surface area contributed by atoms with Crippen molar-refractivity contribution in [2.75, 3.05) is 38.6 Å². The number of aromatic amines is 1. The molecule has 1 saturated heterocycles. The van der Waals surface area contributed by atoms with E-state index in [1.807, 2.05) is 28.4 Å². The zero-order valence-electron chi connectivity index (χ0n) is 23.2. The van der Waals surface area contributed by atoms with Crippen LogP contribution in [0.1, 0.15) is 50.3 Å². The van der Waals surface area contributed by atoms with Crippen LogP contribution in [0, 0.1) is 13.8 Å². The maximum atomic E-state index is 12.8. The third kappa shape index (κ3) is 4.35. The predicted octanol–water partition coefficient (Wildman–Crippen LogP) is 4.00. The van der Waals surface area contributed by atoms with Gasteiger partial charge in [0.1, 0.15) is 12.1 Å². The van der Waals surface area contributed by atoms with Crippen molar-refractivity contribution in [3.8, 4) is 11.3 Å². The predicted molar refractivity (Wildman–Crippen MR) is 148 cm³/mol. The van der Waals surface area contributed by atoms with E-state index >= 15 is 0 Å². The van der Waals surface area contributed by atoms with Gasteiger partial charge in [0.2, 0.25) is 5.91 Å². The second-order valence-corrected chi connectivity index (χ2v) is 11.1. The number of nitrogens with one attached hydrogen (secondary N) is 1. The molecule has 9 nitrogen and oxygen atoms in total. The smallest absolute Gasteiger partial charge is 0.237 e. The van der Waals surface area contributed by atoms with Crippen molar-refractivity contribution in [1.82, 2.24) is 34.4 Å². The van der Waals surface area contributed by atoms with Gasteiger partial charge in [0.05, 0.1) is 23.3 Å². The molecular formula is C28H38N8O. The van der Waals surface area contributed by atoms with Crippen LogP contribution in [0.25, 0.3) is 27.9 Å². The highest BCUT2D eigenvalue weighted by atomic mass is 16.2. The molecule has 0 radical (unpaired) electrons. The molecule has 4 aromatic heterocycles. The van der Waals surface area contributed by atoms with Crippen LogP contribution >= 0.6 is 0 Å². The summed E-state index contributed by atoms with van der Waals surface area (Å²) in [6.07, 6.45) is 3.67. The Kier molecular flexibility index (Phi) is 6.43. The number of amides is 1. The van der Waals surface area contributed by atoms with E-state index in [9.17, 15) is 4.79 Å². The van der Waals surface area contributed by atoms with Crippen LogP contribution in [0.15, 0.2) is 24.7 Å². The summed E-state index contributed by atoms with van der Waals surface area (Å²) in [5.41, 5.74) is 8.65. The number of piperazine rings is 1. The molecule has 0 bridgehead atoms. The van der Waals surface area contributed by atoms with Crippen LogP contribution in [0.3, 0.4) is 0 Å². The number of carbonyl (C=O) groups excluding carboxylic acids is 1. The van der Waals surface area contributed by atoms with E-state index in [1.54, 1.807) is 6.33 Å². The van der Waals surface area contributed by atoms with Crippen molar-refractivity contribution in [2.45, 2.75) is 59.5 Å². The minimum Gasteiger partial charge on any atom is -0.353 e. The zero-order valence-corrected chi connectivity index (χ0v) is 23.2.